The third kappa shape index (κ3) is 2.37. The fourth-order valence-electron chi connectivity index (χ4n) is 1.19. The van der Waals surface area contributed by atoms with Crippen molar-refractivity contribution in [2.75, 3.05) is 6.61 Å². The normalized spacial score (nSPS) is 10.0. The highest BCUT2D eigenvalue weighted by Gasteiger charge is 2.14. The Kier molecular flexibility index (Phi) is 4.05. The van der Waals surface area contributed by atoms with Gasteiger partial charge in [-0.25, -0.2) is 4.68 Å². The summed E-state index contributed by atoms with van der Waals surface area (Å²) in [5.41, 5.74) is 0.760. The summed E-state index contributed by atoms with van der Waals surface area (Å²) in [5, 5.41) is 21.6. The van der Waals surface area contributed by atoms with Crippen LogP contribution < -0.4 is 0 Å². The summed E-state index contributed by atoms with van der Waals surface area (Å²) >= 11 is 0. The lowest BCUT2D eigenvalue weighted by Gasteiger charge is -1.94. The minimum atomic E-state index is 0.0981. The van der Waals surface area contributed by atoms with E-state index in [-0.39, 0.29) is 6.42 Å². The Morgan fingerprint density at radius 2 is 2.31 bits per heavy atom. The van der Waals surface area contributed by atoms with Crippen molar-refractivity contribution in [1.82, 2.24) is 9.78 Å². The molecule has 0 aliphatic rings. The number of aromatic nitrogens is 2. The minimum Gasteiger partial charge on any atom is -0.483 e. The summed E-state index contributed by atoms with van der Waals surface area (Å²) in [7, 11) is 1.67. The SMILES string of the molecule is CCO/C=N/c1c(C#N)c(CC#N)nn1C. The number of ether oxygens (including phenoxy) is 1. The van der Waals surface area contributed by atoms with Crippen molar-refractivity contribution in [2.24, 2.45) is 12.0 Å². The molecule has 1 rings (SSSR count). The summed E-state index contributed by atoms with van der Waals surface area (Å²) in [6, 6.07) is 3.95. The molecule has 1 heterocycles. The van der Waals surface area contributed by atoms with Crippen molar-refractivity contribution in [3.63, 3.8) is 0 Å². The van der Waals surface area contributed by atoms with Crippen LogP contribution in [0.25, 0.3) is 0 Å². The van der Waals surface area contributed by atoms with Crippen LogP contribution in [0.5, 0.6) is 0 Å². The van der Waals surface area contributed by atoms with Crippen molar-refractivity contribution in [3.8, 4) is 12.1 Å². The fourth-order valence-corrected chi connectivity index (χ4v) is 1.19. The summed E-state index contributed by atoms with van der Waals surface area (Å²) < 4.78 is 6.41. The summed E-state index contributed by atoms with van der Waals surface area (Å²) in [6.45, 7) is 2.34. The molecule has 0 bridgehead atoms. The summed E-state index contributed by atoms with van der Waals surface area (Å²) in [6.07, 6.45) is 1.37. The highest BCUT2D eigenvalue weighted by Crippen LogP contribution is 2.21. The molecule has 0 saturated heterocycles. The fraction of sp³-hybridized carbons (Fsp3) is 0.400. The molecule has 0 saturated carbocycles. The van der Waals surface area contributed by atoms with Crippen molar-refractivity contribution >= 4 is 12.2 Å². The van der Waals surface area contributed by atoms with Gasteiger partial charge in [0, 0.05) is 7.05 Å². The number of aliphatic imine (C=N–C) groups is 1. The first kappa shape index (κ1) is 11.7. The second kappa shape index (κ2) is 5.52. The van der Waals surface area contributed by atoms with Crippen LogP contribution >= 0.6 is 0 Å². The molecule has 0 unspecified atom stereocenters. The lowest BCUT2D eigenvalue weighted by atomic mass is 10.2. The number of rotatable bonds is 4. The molecule has 0 N–H and O–H groups in total. The van der Waals surface area contributed by atoms with Gasteiger partial charge < -0.3 is 4.74 Å². The lowest BCUT2D eigenvalue weighted by Crippen LogP contribution is -1.92. The Morgan fingerprint density at radius 3 is 2.88 bits per heavy atom. The molecule has 0 spiro atoms. The van der Waals surface area contributed by atoms with Crippen LogP contribution in [0, 0.1) is 22.7 Å². The molecular weight excluding hydrogens is 206 g/mol. The number of nitriles is 2. The lowest BCUT2D eigenvalue weighted by molar-refractivity contribution is 0.343. The van der Waals surface area contributed by atoms with Gasteiger partial charge in [0.15, 0.2) is 12.2 Å². The average molecular weight is 217 g/mol. The van der Waals surface area contributed by atoms with Gasteiger partial charge in [-0.3, -0.25) is 0 Å². The third-order valence-electron chi connectivity index (χ3n) is 1.86. The van der Waals surface area contributed by atoms with Crippen molar-refractivity contribution in [2.45, 2.75) is 13.3 Å². The predicted octanol–water partition coefficient (Wildman–Crippen LogP) is 1.05. The van der Waals surface area contributed by atoms with Gasteiger partial charge in [0.1, 0.15) is 11.6 Å². The van der Waals surface area contributed by atoms with Crippen molar-refractivity contribution < 1.29 is 4.74 Å². The molecule has 0 amide bonds. The number of aryl methyl sites for hydroxylation is 1. The van der Waals surface area contributed by atoms with E-state index in [0.29, 0.717) is 23.7 Å². The van der Waals surface area contributed by atoms with Crippen LogP contribution in [0.3, 0.4) is 0 Å². The smallest absolute Gasteiger partial charge is 0.176 e. The molecule has 0 atom stereocenters. The molecule has 0 fully saturated rings. The van der Waals surface area contributed by atoms with Gasteiger partial charge in [-0.2, -0.15) is 20.6 Å². The van der Waals surface area contributed by atoms with E-state index in [0.717, 1.165) is 0 Å². The topological polar surface area (TPSA) is 87.0 Å². The van der Waals surface area contributed by atoms with E-state index in [1.165, 1.54) is 11.1 Å². The third-order valence-corrected chi connectivity index (χ3v) is 1.86. The molecule has 1 aromatic rings. The Hall–Kier alpha value is -2.34. The van der Waals surface area contributed by atoms with Crippen molar-refractivity contribution in [1.29, 1.82) is 10.5 Å². The van der Waals surface area contributed by atoms with Crippen LogP contribution in [0.15, 0.2) is 4.99 Å². The maximum absolute atomic E-state index is 8.97. The largest absolute Gasteiger partial charge is 0.483 e. The maximum atomic E-state index is 8.97. The molecule has 0 aromatic carbocycles. The molecule has 0 radical (unpaired) electrons. The Bertz CT molecular complexity index is 475. The van der Waals surface area contributed by atoms with E-state index in [1.807, 2.05) is 19.1 Å². The van der Waals surface area contributed by atoms with E-state index in [1.54, 1.807) is 7.05 Å². The van der Waals surface area contributed by atoms with Gasteiger partial charge in [0.25, 0.3) is 0 Å². The maximum Gasteiger partial charge on any atom is 0.176 e. The summed E-state index contributed by atoms with van der Waals surface area (Å²) in [4.78, 5) is 3.99. The van der Waals surface area contributed by atoms with Crippen LogP contribution in [-0.4, -0.2) is 22.8 Å². The highest BCUT2D eigenvalue weighted by atomic mass is 16.5. The Labute approximate surface area is 93.4 Å². The Morgan fingerprint density at radius 1 is 1.56 bits per heavy atom. The second-order valence-corrected chi connectivity index (χ2v) is 2.91. The molecule has 1 aromatic heterocycles. The minimum absolute atomic E-state index is 0.0981. The zero-order valence-corrected chi connectivity index (χ0v) is 9.14. The molecule has 16 heavy (non-hydrogen) atoms. The quantitative estimate of drug-likeness (QED) is 0.557. The first-order chi connectivity index (χ1) is 7.74. The van der Waals surface area contributed by atoms with Crippen LogP contribution in [0.1, 0.15) is 18.2 Å². The van der Waals surface area contributed by atoms with Gasteiger partial charge in [-0.05, 0) is 6.92 Å². The monoisotopic (exact) mass is 217 g/mol. The van der Waals surface area contributed by atoms with Crippen LogP contribution in [-0.2, 0) is 18.2 Å². The Balaban J connectivity index is 3.09. The molecule has 6 nitrogen and oxygen atoms in total. The summed E-state index contributed by atoms with van der Waals surface area (Å²) in [5.74, 6) is 0.404. The van der Waals surface area contributed by atoms with E-state index < -0.39 is 0 Å². The standard InChI is InChI=1S/C10H11N5O/c1-3-16-7-13-10-8(6-12)9(4-5-11)14-15(10)2/h7H,3-4H2,1-2H3/b13-7+. The van der Waals surface area contributed by atoms with Gasteiger partial charge in [-0.15, -0.1) is 0 Å². The zero-order chi connectivity index (χ0) is 12.0. The van der Waals surface area contributed by atoms with E-state index >= 15 is 0 Å². The number of hydrogen-bond donors (Lipinski definition) is 0. The van der Waals surface area contributed by atoms with Crippen molar-refractivity contribution in [3.05, 3.63) is 11.3 Å². The average Bonchev–Trinajstić information content (AvgIpc) is 2.56. The van der Waals surface area contributed by atoms with Crippen LogP contribution in [0.2, 0.25) is 0 Å². The first-order valence-corrected chi connectivity index (χ1v) is 4.71. The van der Waals surface area contributed by atoms with Gasteiger partial charge in [0.05, 0.1) is 24.8 Å². The highest BCUT2D eigenvalue weighted by molar-refractivity contribution is 5.60. The van der Waals surface area contributed by atoms with Gasteiger partial charge in [0.2, 0.25) is 0 Å². The van der Waals surface area contributed by atoms with E-state index in [9.17, 15) is 0 Å². The number of nitrogens with zero attached hydrogens (tertiary/aromatic N) is 5. The van der Waals surface area contributed by atoms with Gasteiger partial charge >= 0.3 is 0 Å². The number of hydrogen-bond acceptors (Lipinski definition) is 5. The van der Waals surface area contributed by atoms with Crippen LogP contribution in [0.4, 0.5) is 5.82 Å². The first-order valence-electron chi connectivity index (χ1n) is 4.71. The van der Waals surface area contributed by atoms with E-state index in [4.69, 9.17) is 15.3 Å². The zero-order valence-electron chi connectivity index (χ0n) is 9.14. The molecule has 6 heteroatoms. The van der Waals surface area contributed by atoms with E-state index in [2.05, 4.69) is 10.1 Å². The molecule has 82 valence electrons. The molecular formula is C10H11N5O. The van der Waals surface area contributed by atoms with Gasteiger partial charge in [-0.1, -0.05) is 0 Å². The predicted molar refractivity (Wildman–Crippen MR) is 57.0 cm³/mol. The molecule has 0 aliphatic carbocycles. The molecule has 0 aliphatic heterocycles. The second-order valence-electron chi connectivity index (χ2n) is 2.91.